The zero-order chi connectivity index (χ0) is 20.3. The van der Waals surface area contributed by atoms with Crippen LogP contribution in [0.15, 0.2) is 24.3 Å². The molecule has 0 aromatic heterocycles. The number of rotatable bonds is 12. The van der Waals surface area contributed by atoms with Crippen molar-refractivity contribution in [2.75, 3.05) is 0 Å². The van der Waals surface area contributed by atoms with E-state index < -0.39 is 11.6 Å². The number of carboxylic acids is 1. The minimum absolute atomic E-state index is 0.149. The Morgan fingerprint density at radius 1 is 1.00 bits per heavy atom. The molecule has 0 spiro atoms. The van der Waals surface area contributed by atoms with Crippen molar-refractivity contribution in [3.8, 4) is 5.75 Å². The summed E-state index contributed by atoms with van der Waals surface area (Å²) in [4.78, 5) is 22.5. The average molecular weight is 379 g/mol. The van der Waals surface area contributed by atoms with Gasteiger partial charge in [-0.25, -0.2) is 4.79 Å². The maximum Gasteiger partial charge on any atom is 0.338 e. The van der Waals surface area contributed by atoms with E-state index >= 15 is 0 Å². The monoisotopic (exact) mass is 378 g/mol. The molecule has 0 aliphatic heterocycles. The van der Waals surface area contributed by atoms with Gasteiger partial charge in [0.25, 0.3) is 0 Å². The number of ether oxygens (including phenoxy) is 2. The molecule has 1 rings (SSSR count). The van der Waals surface area contributed by atoms with Crippen molar-refractivity contribution in [2.24, 2.45) is 0 Å². The van der Waals surface area contributed by atoms with Crippen LogP contribution in [0.3, 0.4) is 0 Å². The highest BCUT2D eigenvalue weighted by Gasteiger charge is 2.18. The second-order valence-electron chi connectivity index (χ2n) is 7.87. The Morgan fingerprint density at radius 2 is 1.59 bits per heavy atom. The molecule has 0 radical (unpaired) electrons. The summed E-state index contributed by atoms with van der Waals surface area (Å²) in [7, 11) is 0. The van der Waals surface area contributed by atoms with Crippen molar-refractivity contribution < 1.29 is 24.2 Å². The Kier molecular flexibility index (Phi) is 9.90. The van der Waals surface area contributed by atoms with Gasteiger partial charge in [0.2, 0.25) is 0 Å². The third-order valence-electron chi connectivity index (χ3n) is 4.16. The highest BCUT2D eigenvalue weighted by atomic mass is 16.6. The van der Waals surface area contributed by atoms with E-state index in [1.807, 2.05) is 32.9 Å². The molecule has 0 saturated carbocycles. The van der Waals surface area contributed by atoms with Crippen LogP contribution in [0.5, 0.6) is 5.75 Å². The van der Waals surface area contributed by atoms with Crippen LogP contribution in [0, 0.1) is 0 Å². The third kappa shape index (κ3) is 10.6. The van der Waals surface area contributed by atoms with Gasteiger partial charge in [-0.2, -0.15) is 0 Å². The summed E-state index contributed by atoms with van der Waals surface area (Å²) in [5, 5.41) is 8.62. The summed E-state index contributed by atoms with van der Waals surface area (Å²) in [5.41, 5.74) is 0.0133. The van der Waals surface area contributed by atoms with Crippen LogP contribution >= 0.6 is 0 Å². The number of carbonyl (C=O) groups is 2. The van der Waals surface area contributed by atoms with Crippen LogP contribution in [0.25, 0.3) is 0 Å². The summed E-state index contributed by atoms with van der Waals surface area (Å²) in [6, 6.07) is 7.10. The molecule has 1 atom stereocenters. The lowest BCUT2D eigenvalue weighted by atomic mass is 10.1. The van der Waals surface area contributed by atoms with E-state index in [9.17, 15) is 9.59 Å². The van der Waals surface area contributed by atoms with Gasteiger partial charge in [-0.1, -0.05) is 26.2 Å². The highest BCUT2D eigenvalue weighted by Crippen LogP contribution is 2.20. The normalized spacial score (nSPS) is 12.4. The summed E-state index contributed by atoms with van der Waals surface area (Å²) in [6.07, 6.45) is 7.27. The Balaban J connectivity index is 2.35. The molecule has 152 valence electrons. The SMILES string of the molecule is CCC(CCCCCCCC(=O)O)Oc1ccc(C(=O)OC(C)(C)C)cc1. The fourth-order valence-corrected chi connectivity index (χ4v) is 2.72. The van der Waals surface area contributed by atoms with E-state index in [0.29, 0.717) is 5.56 Å². The van der Waals surface area contributed by atoms with Gasteiger partial charge in [-0.05, 0) is 70.7 Å². The van der Waals surface area contributed by atoms with Gasteiger partial charge < -0.3 is 14.6 Å². The smallest absolute Gasteiger partial charge is 0.338 e. The number of esters is 1. The predicted octanol–water partition coefficient (Wildman–Crippen LogP) is 5.61. The van der Waals surface area contributed by atoms with Crippen LogP contribution < -0.4 is 4.74 Å². The quantitative estimate of drug-likeness (QED) is 0.378. The van der Waals surface area contributed by atoms with Crippen molar-refractivity contribution in [3.63, 3.8) is 0 Å². The van der Waals surface area contributed by atoms with E-state index in [0.717, 1.165) is 50.7 Å². The Hall–Kier alpha value is -2.04. The minimum atomic E-state index is -0.716. The molecular weight excluding hydrogens is 344 g/mol. The topological polar surface area (TPSA) is 72.8 Å². The first kappa shape index (κ1) is 23.0. The molecule has 27 heavy (non-hydrogen) atoms. The molecule has 0 saturated heterocycles. The van der Waals surface area contributed by atoms with Crippen molar-refractivity contribution >= 4 is 11.9 Å². The first-order valence-electron chi connectivity index (χ1n) is 9.93. The molecule has 1 N–H and O–H groups in total. The number of hydrogen-bond acceptors (Lipinski definition) is 4. The molecular formula is C22H34O5. The number of benzene rings is 1. The summed E-state index contributed by atoms with van der Waals surface area (Å²) in [6.45, 7) is 7.65. The van der Waals surface area contributed by atoms with Gasteiger partial charge in [0.1, 0.15) is 11.4 Å². The van der Waals surface area contributed by atoms with E-state index in [-0.39, 0.29) is 18.5 Å². The van der Waals surface area contributed by atoms with Crippen LogP contribution in [0.4, 0.5) is 0 Å². The van der Waals surface area contributed by atoms with Crippen LogP contribution in [0.2, 0.25) is 0 Å². The third-order valence-corrected chi connectivity index (χ3v) is 4.16. The predicted molar refractivity (Wildman–Crippen MR) is 106 cm³/mol. The van der Waals surface area contributed by atoms with E-state index in [1.165, 1.54) is 0 Å². The molecule has 5 nitrogen and oxygen atoms in total. The number of carbonyl (C=O) groups excluding carboxylic acids is 1. The maximum atomic E-state index is 12.0. The average Bonchev–Trinajstić information content (AvgIpc) is 2.58. The summed E-state index contributed by atoms with van der Waals surface area (Å²) in [5.74, 6) is -0.285. The molecule has 0 aliphatic rings. The number of carboxylic acid groups (broad SMARTS) is 1. The molecule has 1 unspecified atom stereocenters. The fraction of sp³-hybridized carbons (Fsp3) is 0.636. The molecule has 0 bridgehead atoms. The van der Waals surface area contributed by atoms with Crippen LogP contribution in [0.1, 0.15) is 89.4 Å². The van der Waals surface area contributed by atoms with E-state index in [2.05, 4.69) is 6.92 Å². The lowest BCUT2D eigenvalue weighted by molar-refractivity contribution is -0.137. The molecule has 0 fully saturated rings. The standard InChI is InChI=1S/C22H34O5/c1-5-18(11-9-7-6-8-10-12-20(23)24)26-19-15-13-17(14-16-19)21(25)27-22(2,3)4/h13-16,18H,5-12H2,1-4H3,(H,23,24). The Labute approximate surface area is 163 Å². The van der Waals surface area contributed by atoms with Crippen molar-refractivity contribution in [3.05, 3.63) is 29.8 Å². The van der Waals surface area contributed by atoms with Gasteiger partial charge in [0.15, 0.2) is 0 Å². The number of aliphatic carboxylic acids is 1. The number of unbranched alkanes of at least 4 members (excludes halogenated alkanes) is 4. The molecule has 0 aliphatic carbocycles. The number of hydrogen-bond donors (Lipinski definition) is 1. The van der Waals surface area contributed by atoms with Crippen LogP contribution in [-0.4, -0.2) is 28.8 Å². The first-order valence-corrected chi connectivity index (χ1v) is 9.93. The summed E-state index contributed by atoms with van der Waals surface area (Å²) < 4.78 is 11.4. The molecule has 0 amide bonds. The van der Waals surface area contributed by atoms with Gasteiger partial charge in [-0.3, -0.25) is 4.79 Å². The minimum Gasteiger partial charge on any atom is -0.490 e. The second-order valence-corrected chi connectivity index (χ2v) is 7.87. The van der Waals surface area contributed by atoms with Crippen LogP contribution in [-0.2, 0) is 9.53 Å². The largest absolute Gasteiger partial charge is 0.490 e. The molecule has 1 aromatic rings. The zero-order valence-electron chi connectivity index (χ0n) is 17.1. The van der Waals surface area contributed by atoms with Gasteiger partial charge >= 0.3 is 11.9 Å². The van der Waals surface area contributed by atoms with E-state index in [4.69, 9.17) is 14.6 Å². The van der Waals surface area contributed by atoms with E-state index in [1.54, 1.807) is 12.1 Å². The van der Waals surface area contributed by atoms with Crippen molar-refractivity contribution in [2.45, 2.75) is 90.8 Å². The first-order chi connectivity index (χ1) is 12.7. The Bertz CT molecular complexity index is 571. The van der Waals surface area contributed by atoms with Gasteiger partial charge in [0.05, 0.1) is 11.7 Å². The lowest BCUT2D eigenvalue weighted by Gasteiger charge is -2.20. The second kappa shape index (κ2) is 11.6. The molecule has 1 aromatic carbocycles. The molecule has 5 heteroatoms. The van der Waals surface area contributed by atoms with Gasteiger partial charge in [0, 0.05) is 6.42 Å². The summed E-state index contributed by atoms with van der Waals surface area (Å²) >= 11 is 0. The van der Waals surface area contributed by atoms with Crippen molar-refractivity contribution in [1.82, 2.24) is 0 Å². The lowest BCUT2D eigenvalue weighted by Crippen LogP contribution is -2.23. The molecule has 0 heterocycles. The zero-order valence-corrected chi connectivity index (χ0v) is 17.1. The Morgan fingerprint density at radius 3 is 2.15 bits per heavy atom. The highest BCUT2D eigenvalue weighted by molar-refractivity contribution is 5.89. The van der Waals surface area contributed by atoms with Gasteiger partial charge in [-0.15, -0.1) is 0 Å². The van der Waals surface area contributed by atoms with Crippen molar-refractivity contribution in [1.29, 1.82) is 0 Å². The fourth-order valence-electron chi connectivity index (χ4n) is 2.72. The maximum absolute atomic E-state index is 12.0.